The van der Waals surface area contributed by atoms with E-state index in [1.165, 1.54) is 0 Å². The van der Waals surface area contributed by atoms with Crippen LogP contribution in [0.5, 0.6) is 5.75 Å². The van der Waals surface area contributed by atoms with Crippen molar-refractivity contribution in [3.8, 4) is 5.75 Å². The lowest BCUT2D eigenvalue weighted by Gasteiger charge is -2.22. The van der Waals surface area contributed by atoms with E-state index >= 15 is 0 Å². The Kier molecular flexibility index (Phi) is 4.84. The molecule has 0 amide bonds. The third-order valence-electron chi connectivity index (χ3n) is 2.44. The van der Waals surface area contributed by atoms with Gasteiger partial charge in [0.1, 0.15) is 11.9 Å². The first-order chi connectivity index (χ1) is 8.58. The first-order valence-corrected chi connectivity index (χ1v) is 7.95. The molecule has 18 heavy (non-hydrogen) atoms. The van der Waals surface area contributed by atoms with E-state index in [2.05, 4.69) is 37.9 Å². The van der Waals surface area contributed by atoms with Crippen LogP contribution in [0.1, 0.15) is 17.9 Å². The second kappa shape index (κ2) is 6.19. The summed E-state index contributed by atoms with van der Waals surface area (Å²) < 4.78 is 8.02. The molecule has 2 atom stereocenters. The topological polar surface area (TPSA) is 35.2 Å². The van der Waals surface area contributed by atoms with E-state index in [9.17, 15) is 0 Å². The van der Waals surface area contributed by atoms with Crippen LogP contribution in [0.2, 0.25) is 0 Å². The number of para-hydroxylation sites is 1. The first kappa shape index (κ1) is 14.1. The van der Waals surface area contributed by atoms with E-state index < -0.39 is 0 Å². The van der Waals surface area contributed by atoms with Crippen LogP contribution in [0.3, 0.4) is 0 Å². The minimum Gasteiger partial charge on any atom is -0.482 e. The molecule has 1 aromatic heterocycles. The maximum absolute atomic E-state index is 6.03. The van der Waals surface area contributed by atoms with E-state index in [1.54, 1.807) is 11.3 Å². The molecular formula is C13H13Br2NOS. The van der Waals surface area contributed by atoms with Crippen LogP contribution >= 0.6 is 43.2 Å². The number of thiophene rings is 1. The van der Waals surface area contributed by atoms with Gasteiger partial charge in [0.15, 0.2) is 0 Å². The fourth-order valence-corrected chi connectivity index (χ4v) is 3.54. The lowest BCUT2D eigenvalue weighted by Crippen LogP contribution is -2.28. The number of halogens is 2. The zero-order valence-electron chi connectivity index (χ0n) is 9.77. The van der Waals surface area contributed by atoms with Crippen LogP contribution in [0.4, 0.5) is 0 Å². The first-order valence-electron chi connectivity index (χ1n) is 5.48. The summed E-state index contributed by atoms with van der Waals surface area (Å²) in [5.41, 5.74) is 6.03. The standard InChI is InChI=1S/C13H13Br2NOS/c1-8(16)13(12-6-9(14)7-18-12)17-11-5-3-2-4-10(11)15/h2-8,13H,16H2,1H3. The summed E-state index contributed by atoms with van der Waals surface area (Å²) in [5.74, 6) is 0.810. The third-order valence-corrected chi connectivity index (χ3v) is 4.85. The molecular weight excluding hydrogens is 378 g/mol. The molecule has 2 nitrogen and oxygen atoms in total. The third kappa shape index (κ3) is 3.35. The van der Waals surface area contributed by atoms with Gasteiger partial charge in [-0.05, 0) is 57.0 Å². The highest BCUT2D eigenvalue weighted by molar-refractivity contribution is 9.10. The molecule has 2 N–H and O–H groups in total. The van der Waals surface area contributed by atoms with Crippen LogP contribution in [-0.2, 0) is 0 Å². The number of rotatable bonds is 4. The van der Waals surface area contributed by atoms with Gasteiger partial charge in [-0.3, -0.25) is 0 Å². The predicted octanol–water partition coefficient (Wildman–Crippen LogP) is 4.74. The summed E-state index contributed by atoms with van der Waals surface area (Å²) in [6.45, 7) is 1.95. The molecule has 0 aliphatic rings. The van der Waals surface area contributed by atoms with Gasteiger partial charge < -0.3 is 10.5 Å². The maximum Gasteiger partial charge on any atom is 0.148 e. The minimum atomic E-state index is -0.139. The molecule has 0 saturated heterocycles. The van der Waals surface area contributed by atoms with E-state index in [-0.39, 0.29) is 12.1 Å². The van der Waals surface area contributed by atoms with E-state index in [0.717, 1.165) is 19.6 Å². The van der Waals surface area contributed by atoms with Gasteiger partial charge in [0.2, 0.25) is 0 Å². The highest BCUT2D eigenvalue weighted by atomic mass is 79.9. The van der Waals surface area contributed by atoms with Crippen molar-refractivity contribution in [3.05, 3.63) is 49.5 Å². The fraction of sp³-hybridized carbons (Fsp3) is 0.231. The van der Waals surface area contributed by atoms with Crippen molar-refractivity contribution in [2.24, 2.45) is 5.73 Å². The average Bonchev–Trinajstić information content (AvgIpc) is 2.74. The molecule has 0 fully saturated rings. The Hall–Kier alpha value is -0.360. The maximum atomic E-state index is 6.03. The second-order valence-electron chi connectivity index (χ2n) is 4.00. The van der Waals surface area contributed by atoms with Crippen LogP contribution in [0, 0.1) is 0 Å². The highest BCUT2D eigenvalue weighted by Gasteiger charge is 2.20. The molecule has 0 aliphatic heterocycles. The van der Waals surface area contributed by atoms with Crippen LogP contribution in [0.25, 0.3) is 0 Å². The molecule has 2 rings (SSSR count). The van der Waals surface area contributed by atoms with Crippen LogP contribution in [0.15, 0.2) is 44.7 Å². The highest BCUT2D eigenvalue weighted by Crippen LogP contribution is 2.33. The molecule has 0 radical (unpaired) electrons. The van der Waals surface area contributed by atoms with Gasteiger partial charge in [-0.15, -0.1) is 11.3 Å². The summed E-state index contributed by atoms with van der Waals surface area (Å²) in [6.07, 6.45) is -0.139. The van der Waals surface area contributed by atoms with Crippen molar-refractivity contribution < 1.29 is 4.74 Å². The Morgan fingerprint density at radius 3 is 2.56 bits per heavy atom. The van der Waals surface area contributed by atoms with Crippen molar-refractivity contribution in [1.82, 2.24) is 0 Å². The van der Waals surface area contributed by atoms with Gasteiger partial charge in [0.25, 0.3) is 0 Å². The lowest BCUT2D eigenvalue weighted by molar-refractivity contribution is 0.183. The number of ether oxygens (including phenoxy) is 1. The predicted molar refractivity (Wildman–Crippen MR) is 83.2 cm³/mol. The normalized spacial score (nSPS) is 14.2. The van der Waals surface area contributed by atoms with Gasteiger partial charge in [-0.1, -0.05) is 12.1 Å². The number of hydrogen-bond donors (Lipinski definition) is 1. The molecule has 2 unspecified atom stereocenters. The Bertz CT molecular complexity index is 527. The Morgan fingerprint density at radius 1 is 1.28 bits per heavy atom. The van der Waals surface area contributed by atoms with Gasteiger partial charge in [-0.25, -0.2) is 0 Å². The SMILES string of the molecule is CC(N)C(Oc1ccccc1Br)c1cc(Br)cs1. The molecule has 2 aromatic rings. The number of nitrogens with two attached hydrogens (primary N) is 1. The molecule has 5 heteroatoms. The largest absolute Gasteiger partial charge is 0.482 e. The van der Waals surface area contributed by atoms with Crippen molar-refractivity contribution in [2.45, 2.75) is 19.1 Å². The van der Waals surface area contributed by atoms with Crippen LogP contribution in [-0.4, -0.2) is 6.04 Å². The summed E-state index contributed by atoms with van der Waals surface area (Å²) in [7, 11) is 0. The Labute approximate surface area is 127 Å². The summed E-state index contributed by atoms with van der Waals surface area (Å²) in [5, 5.41) is 2.04. The van der Waals surface area contributed by atoms with E-state index in [0.29, 0.717) is 0 Å². The Morgan fingerprint density at radius 2 is 2.00 bits per heavy atom. The van der Waals surface area contributed by atoms with E-state index in [1.807, 2.05) is 36.6 Å². The van der Waals surface area contributed by atoms with Gasteiger partial charge in [-0.2, -0.15) is 0 Å². The number of hydrogen-bond acceptors (Lipinski definition) is 3. The minimum absolute atomic E-state index is 0.0809. The molecule has 1 aromatic carbocycles. The molecule has 1 heterocycles. The van der Waals surface area contributed by atoms with Gasteiger partial charge in [0, 0.05) is 20.8 Å². The zero-order chi connectivity index (χ0) is 13.1. The van der Waals surface area contributed by atoms with Gasteiger partial charge >= 0.3 is 0 Å². The van der Waals surface area contributed by atoms with Crippen molar-refractivity contribution in [3.63, 3.8) is 0 Å². The smallest absolute Gasteiger partial charge is 0.148 e. The molecule has 0 bridgehead atoms. The molecule has 0 saturated carbocycles. The zero-order valence-corrected chi connectivity index (χ0v) is 13.8. The summed E-state index contributed by atoms with van der Waals surface area (Å²) in [4.78, 5) is 1.12. The average molecular weight is 391 g/mol. The molecule has 0 aliphatic carbocycles. The van der Waals surface area contributed by atoms with Crippen molar-refractivity contribution >= 4 is 43.2 Å². The molecule has 96 valence electrons. The summed E-state index contributed by atoms with van der Waals surface area (Å²) in [6, 6.07) is 9.76. The second-order valence-corrected chi connectivity index (χ2v) is 6.71. The Balaban J connectivity index is 2.25. The van der Waals surface area contributed by atoms with Gasteiger partial charge in [0.05, 0.1) is 4.47 Å². The molecule has 0 spiro atoms. The number of benzene rings is 1. The summed E-state index contributed by atoms with van der Waals surface area (Å²) >= 11 is 8.58. The quantitative estimate of drug-likeness (QED) is 0.818. The van der Waals surface area contributed by atoms with E-state index in [4.69, 9.17) is 10.5 Å². The lowest BCUT2D eigenvalue weighted by atomic mass is 10.1. The monoisotopic (exact) mass is 389 g/mol. The van der Waals surface area contributed by atoms with Crippen molar-refractivity contribution in [2.75, 3.05) is 0 Å². The van der Waals surface area contributed by atoms with Crippen molar-refractivity contribution in [1.29, 1.82) is 0 Å². The van der Waals surface area contributed by atoms with Crippen LogP contribution < -0.4 is 10.5 Å². The fourth-order valence-electron chi connectivity index (χ4n) is 1.58.